The van der Waals surface area contributed by atoms with Crippen LogP contribution in [-0.4, -0.2) is 44.6 Å². The molecule has 2 aromatic heterocycles. The Morgan fingerprint density at radius 1 is 1.18 bits per heavy atom. The third kappa shape index (κ3) is 6.74. The molecule has 11 heteroatoms. The van der Waals surface area contributed by atoms with Crippen LogP contribution >= 0.6 is 11.6 Å². The summed E-state index contributed by atoms with van der Waals surface area (Å²) in [5, 5.41) is 10.4. The first-order valence-electron chi connectivity index (χ1n) is 10.8. The topological polar surface area (TPSA) is 123 Å². The third-order valence-corrected chi connectivity index (χ3v) is 5.00. The van der Waals surface area contributed by atoms with Crippen molar-refractivity contribution in [2.24, 2.45) is 0 Å². The van der Waals surface area contributed by atoms with Crippen molar-refractivity contribution in [2.75, 3.05) is 12.4 Å². The zero-order valence-corrected chi connectivity index (χ0v) is 20.6. The standard InChI is InChI=1S/C23H29ClN6O4/c1-6-30-12-11-16(29-30)17(26-22(32)34-23(2,3)4)13-18-27-19(20(24)28-18)14-7-9-15(10-8-14)25-21(31)33-5/h7-12,17H,6,13H2,1-5H3,(H,25,31)(H,26,32)(H,27,28)/t17-/m0/s1. The minimum atomic E-state index is -0.631. The van der Waals surface area contributed by atoms with Crippen LogP contribution in [0, 0.1) is 0 Å². The number of hydrogen-bond donors (Lipinski definition) is 3. The zero-order chi connectivity index (χ0) is 24.9. The lowest BCUT2D eigenvalue weighted by molar-refractivity contribution is 0.0501. The largest absolute Gasteiger partial charge is 0.453 e. The summed E-state index contributed by atoms with van der Waals surface area (Å²) in [7, 11) is 1.30. The van der Waals surface area contributed by atoms with Gasteiger partial charge in [-0.3, -0.25) is 10.00 Å². The number of hydrogen-bond acceptors (Lipinski definition) is 6. The number of H-pyrrole nitrogens is 1. The summed E-state index contributed by atoms with van der Waals surface area (Å²) in [4.78, 5) is 31.6. The van der Waals surface area contributed by atoms with Gasteiger partial charge in [0.05, 0.1) is 18.8 Å². The molecule has 0 bridgehead atoms. The van der Waals surface area contributed by atoms with E-state index in [2.05, 4.69) is 30.4 Å². The molecule has 10 nitrogen and oxygen atoms in total. The summed E-state index contributed by atoms with van der Waals surface area (Å²) in [6.07, 6.45) is 1.07. The maximum atomic E-state index is 12.5. The number of ether oxygens (including phenoxy) is 2. The Labute approximate surface area is 203 Å². The molecule has 1 aromatic carbocycles. The monoisotopic (exact) mass is 488 g/mol. The maximum Gasteiger partial charge on any atom is 0.411 e. The van der Waals surface area contributed by atoms with Gasteiger partial charge < -0.3 is 19.8 Å². The van der Waals surface area contributed by atoms with Gasteiger partial charge in [-0.2, -0.15) is 5.10 Å². The molecule has 0 saturated carbocycles. The van der Waals surface area contributed by atoms with Crippen molar-refractivity contribution < 1.29 is 19.1 Å². The molecule has 0 saturated heterocycles. The van der Waals surface area contributed by atoms with E-state index >= 15 is 0 Å². The Balaban J connectivity index is 1.81. The van der Waals surface area contributed by atoms with Gasteiger partial charge >= 0.3 is 12.2 Å². The van der Waals surface area contributed by atoms with Crippen molar-refractivity contribution in [2.45, 2.75) is 52.3 Å². The fourth-order valence-electron chi connectivity index (χ4n) is 3.18. The smallest absolute Gasteiger partial charge is 0.411 e. The minimum Gasteiger partial charge on any atom is -0.453 e. The molecule has 0 radical (unpaired) electrons. The SMILES string of the molecule is CCn1ccc([C@H](Cc2nc(-c3ccc(NC(=O)OC)cc3)c(Cl)[nH]2)NC(=O)OC(C)(C)C)n1. The van der Waals surface area contributed by atoms with Gasteiger partial charge in [-0.15, -0.1) is 0 Å². The van der Waals surface area contributed by atoms with Crippen molar-refractivity contribution in [1.29, 1.82) is 0 Å². The van der Waals surface area contributed by atoms with E-state index in [0.29, 0.717) is 41.0 Å². The number of anilines is 1. The normalized spacial score (nSPS) is 12.2. The molecular weight excluding hydrogens is 460 g/mol. The number of aromatic nitrogens is 4. The van der Waals surface area contributed by atoms with Crippen LogP contribution < -0.4 is 10.6 Å². The molecule has 2 amide bonds. The molecule has 0 aliphatic heterocycles. The number of rotatable bonds is 7. The summed E-state index contributed by atoms with van der Waals surface area (Å²) in [5.74, 6) is 0.573. The van der Waals surface area contributed by atoms with Crippen molar-refractivity contribution in [3.05, 3.63) is 53.2 Å². The fourth-order valence-corrected chi connectivity index (χ4v) is 3.44. The van der Waals surface area contributed by atoms with E-state index < -0.39 is 23.8 Å². The number of aromatic amines is 1. The molecule has 0 aliphatic carbocycles. The lowest BCUT2D eigenvalue weighted by Crippen LogP contribution is -2.36. The lowest BCUT2D eigenvalue weighted by atomic mass is 10.1. The fraction of sp³-hybridized carbons (Fsp3) is 0.391. The second-order valence-corrected chi connectivity index (χ2v) is 8.92. The first kappa shape index (κ1) is 25.1. The summed E-state index contributed by atoms with van der Waals surface area (Å²) in [6, 6.07) is 8.39. The molecule has 0 fully saturated rings. The second-order valence-electron chi connectivity index (χ2n) is 8.54. The van der Waals surface area contributed by atoms with Crippen LogP contribution in [-0.2, 0) is 22.4 Å². The van der Waals surface area contributed by atoms with Crippen LogP contribution in [0.3, 0.4) is 0 Å². The van der Waals surface area contributed by atoms with E-state index in [4.69, 9.17) is 16.3 Å². The highest BCUT2D eigenvalue weighted by Gasteiger charge is 2.24. The molecule has 3 rings (SSSR count). The second kappa shape index (κ2) is 10.6. The Bertz CT molecular complexity index is 1130. The number of amides is 2. The molecule has 0 unspecified atom stereocenters. The average molecular weight is 489 g/mol. The van der Waals surface area contributed by atoms with Crippen LogP contribution in [0.1, 0.15) is 45.3 Å². The predicted molar refractivity (Wildman–Crippen MR) is 129 cm³/mol. The van der Waals surface area contributed by atoms with Crippen molar-refractivity contribution in [3.8, 4) is 11.3 Å². The quantitative estimate of drug-likeness (QED) is 0.433. The molecule has 0 spiro atoms. The molecule has 3 N–H and O–H groups in total. The van der Waals surface area contributed by atoms with Crippen molar-refractivity contribution in [1.82, 2.24) is 25.1 Å². The van der Waals surface area contributed by atoms with E-state index in [-0.39, 0.29) is 0 Å². The summed E-state index contributed by atoms with van der Waals surface area (Å²) in [5.41, 5.74) is 1.94. The Morgan fingerprint density at radius 2 is 1.88 bits per heavy atom. The van der Waals surface area contributed by atoms with Crippen molar-refractivity contribution >= 4 is 29.5 Å². The van der Waals surface area contributed by atoms with E-state index in [0.717, 1.165) is 5.56 Å². The summed E-state index contributed by atoms with van der Waals surface area (Å²) < 4.78 is 11.8. The number of halogens is 1. The number of alkyl carbamates (subject to hydrolysis) is 1. The zero-order valence-electron chi connectivity index (χ0n) is 19.8. The number of nitrogens with one attached hydrogen (secondary N) is 3. The number of methoxy groups -OCH3 is 1. The molecule has 182 valence electrons. The van der Waals surface area contributed by atoms with Gasteiger partial charge in [0.15, 0.2) is 0 Å². The van der Waals surface area contributed by atoms with E-state index in [1.165, 1.54) is 7.11 Å². The van der Waals surface area contributed by atoms with E-state index in [9.17, 15) is 9.59 Å². The highest BCUT2D eigenvalue weighted by atomic mass is 35.5. The first-order chi connectivity index (χ1) is 16.1. The number of imidazole rings is 1. The molecule has 0 aliphatic rings. The molecular formula is C23H29ClN6O4. The van der Waals surface area contributed by atoms with Gasteiger partial charge in [-0.1, -0.05) is 23.7 Å². The van der Waals surface area contributed by atoms with Crippen molar-refractivity contribution in [3.63, 3.8) is 0 Å². The van der Waals surface area contributed by atoms with Gasteiger partial charge in [0.25, 0.3) is 0 Å². The Hall–Kier alpha value is -3.53. The summed E-state index contributed by atoms with van der Waals surface area (Å²) >= 11 is 6.44. The minimum absolute atomic E-state index is 0.321. The number of carbonyl (C=O) groups is 2. The van der Waals surface area contributed by atoms with Crippen LogP contribution in [0.25, 0.3) is 11.3 Å². The van der Waals surface area contributed by atoms with Gasteiger partial charge in [0.2, 0.25) is 0 Å². The van der Waals surface area contributed by atoms with Crippen LogP contribution in [0.4, 0.5) is 15.3 Å². The van der Waals surface area contributed by atoms with Gasteiger partial charge in [-0.05, 0) is 45.9 Å². The Kier molecular flexibility index (Phi) is 7.83. The Morgan fingerprint density at radius 3 is 2.47 bits per heavy atom. The van der Waals surface area contributed by atoms with E-state index in [1.807, 2.05) is 19.2 Å². The molecule has 1 atom stereocenters. The van der Waals surface area contributed by atoms with E-state index in [1.54, 1.807) is 49.7 Å². The van der Waals surface area contributed by atoms with Crippen LogP contribution in [0.5, 0.6) is 0 Å². The molecule has 34 heavy (non-hydrogen) atoms. The third-order valence-electron chi connectivity index (χ3n) is 4.73. The van der Waals surface area contributed by atoms with Crippen LogP contribution in [0.15, 0.2) is 36.5 Å². The molecule has 3 aromatic rings. The van der Waals surface area contributed by atoms with Gasteiger partial charge in [-0.25, -0.2) is 14.6 Å². The van der Waals surface area contributed by atoms with Gasteiger partial charge in [0.1, 0.15) is 22.3 Å². The predicted octanol–water partition coefficient (Wildman–Crippen LogP) is 4.93. The van der Waals surface area contributed by atoms with Crippen LogP contribution in [0.2, 0.25) is 5.15 Å². The highest BCUT2D eigenvalue weighted by Crippen LogP contribution is 2.28. The van der Waals surface area contributed by atoms with Gasteiger partial charge in [0, 0.05) is 30.4 Å². The lowest BCUT2D eigenvalue weighted by Gasteiger charge is -2.22. The highest BCUT2D eigenvalue weighted by molar-refractivity contribution is 6.31. The number of aryl methyl sites for hydroxylation is 1. The number of benzene rings is 1. The summed E-state index contributed by atoms with van der Waals surface area (Å²) in [6.45, 7) is 8.10. The first-order valence-corrected chi connectivity index (χ1v) is 11.2. The number of carbonyl (C=O) groups excluding carboxylic acids is 2. The molecule has 2 heterocycles. The number of nitrogens with zero attached hydrogens (tertiary/aromatic N) is 3. The maximum absolute atomic E-state index is 12.5. The average Bonchev–Trinajstić information content (AvgIpc) is 3.39.